The predicted octanol–water partition coefficient (Wildman–Crippen LogP) is 1.47. The summed E-state index contributed by atoms with van der Waals surface area (Å²) in [5.41, 5.74) is 3.20. The Morgan fingerprint density at radius 2 is 2.16 bits per heavy atom. The van der Waals surface area contributed by atoms with Crippen LogP contribution in [0.4, 0.5) is 5.69 Å². The maximum Gasteiger partial charge on any atom is 0.224 e. The molecule has 0 spiro atoms. The summed E-state index contributed by atoms with van der Waals surface area (Å²) in [7, 11) is 0. The van der Waals surface area contributed by atoms with Crippen molar-refractivity contribution < 1.29 is 9.90 Å². The number of hydrogen-bond acceptors (Lipinski definition) is 3. The standard InChI is InChI=1S/C15H22N2O2/c1-15(2,10-18)16-8-7-11-3-5-13-12(9-11)4-6-14(19)17-13/h3,5,9,16,18H,4,6-8,10H2,1-2H3,(H,17,19). The monoisotopic (exact) mass is 262 g/mol. The molecule has 2 rings (SSSR count). The maximum atomic E-state index is 11.3. The zero-order valence-corrected chi connectivity index (χ0v) is 11.6. The fourth-order valence-corrected chi connectivity index (χ4v) is 2.19. The molecule has 3 N–H and O–H groups in total. The van der Waals surface area contributed by atoms with Crippen molar-refractivity contribution in [2.45, 2.75) is 38.6 Å². The summed E-state index contributed by atoms with van der Waals surface area (Å²) in [6, 6.07) is 6.21. The minimum absolute atomic E-state index is 0.103. The molecule has 4 heteroatoms. The van der Waals surface area contributed by atoms with Gasteiger partial charge in [-0.1, -0.05) is 12.1 Å². The Kier molecular flexibility index (Phi) is 4.22. The number of carbonyl (C=O) groups excluding carboxylic acids is 1. The predicted molar refractivity (Wildman–Crippen MR) is 76.3 cm³/mol. The first kappa shape index (κ1) is 14.0. The number of amides is 1. The molecule has 0 aromatic heterocycles. The Labute approximate surface area is 114 Å². The summed E-state index contributed by atoms with van der Waals surface area (Å²) in [4.78, 5) is 11.3. The first-order valence-electron chi connectivity index (χ1n) is 6.78. The largest absolute Gasteiger partial charge is 0.394 e. The minimum atomic E-state index is -0.234. The summed E-state index contributed by atoms with van der Waals surface area (Å²) < 4.78 is 0. The lowest BCUT2D eigenvalue weighted by Gasteiger charge is -2.23. The number of fused-ring (bicyclic) bond motifs is 1. The Hall–Kier alpha value is -1.39. The van der Waals surface area contributed by atoms with Crippen LogP contribution in [0, 0.1) is 0 Å². The highest BCUT2D eigenvalue weighted by atomic mass is 16.3. The first-order valence-corrected chi connectivity index (χ1v) is 6.78. The van der Waals surface area contributed by atoms with Gasteiger partial charge in [0, 0.05) is 17.6 Å². The molecule has 0 radical (unpaired) electrons. The topological polar surface area (TPSA) is 61.4 Å². The van der Waals surface area contributed by atoms with Crippen molar-refractivity contribution in [3.63, 3.8) is 0 Å². The van der Waals surface area contributed by atoms with Gasteiger partial charge in [-0.05, 0) is 50.4 Å². The van der Waals surface area contributed by atoms with Gasteiger partial charge in [-0.25, -0.2) is 0 Å². The lowest BCUT2D eigenvalue weighted by atomic mass is 9.99. The van der Waals surface area contributed by atoms with Gasteiger partial charge >= 0.3 is 0 Å². The molecule has 1 aromatic rings. The van der Waals surface area contributed by atoms with Gasteiger partial charge in [-0.3, -0.25) is 4.79 Å². The van der Waals surface area contributed by atoms with Crippen molar-refractivity contribution >= 4 is 11.6 Å². The van der Waals surface area contributed by atoms with Crippen LogP contribution in [-0.4, -0.2) is 29.7 Å². The minimum Gasteiger partial charge on any atom is -0.394 e. The molecule has 0 aliphatic carbocycles. The van der Waals surface area contributed by atoms with E-state index in [0.29, 0.717) is 6.42 Å². The van der Waals surface area contributed by atoms with E-state index in [0.717, 1.165) is 25.1 Å². The molecule has 0 saturated heterocycles. The van der Waals surface area contributed by atoms with Gasteiger partial charge in [0.25, 0.3) is 0 Å². The smallest absolute Gasteiger partial charge is 0.224 e. The highest BCUT2D eigenvalue weighted by molar-refractivity contribution is 5.93. The molecule has 1 heterocycles. The molecule has 19 heavy (non-hydrogen) atoms. The summed E-state index contributed by atoms with van der Waals surface area (Å²) >= 11 is 0. The normalized spacial score (nSPS) is 15.0. The number of rotatable bonds is 5. The molecular weight excluding hydrogens is 240 g/mol. The van der Waals surface area contributed by atoms with Crippen LogP contribution < -0.4 is 10.6 Å². The molecule has 4 nitrogen and oxygen atoms in total. The van der Waals surface area contributed by atoms with E-state index in [1.54, 1.807) is 0 Å². The molecule has 0 saturated carbocycles. The third-order valence-corrected chi connectivity index (χ3v) is 3.48. The Balaban J connectivity index is 1.94. The van der Waals surface area contributed by atoms with Crippen LogP contribution >= 0.6 is 0 Å². The van der Waals surface area contributed by atoms with Gasteiger partial charge in [-0.2, -0.15) is 0 Å². The van der Waals surface area contributed by atoms with E-state index in [1.807, 2.05) is 19.9 Å². The van der Waals surface area contributed by atoms with Crippen LogP contribution in [-0.2, 0) is 17.6 Å². The number of aryl methyl sites for hydroxylation is 1. The van der Waals surface area contributed by atoms with E-state index in [2.05, 4.69) is 22.8 Å². The molecule has 0 fully saturated rings. The van der Waals surface area contributed by atoms with E-state index in [9.17, 15) is 9.90 Å². The second-order valence-electron chi connectivity index (χ2n) is 5.76. The van der Waals surface area contributed by atoms with E-state index in [-0.39, 0.29) is 18.1 Å². The summed E-state index contributed by atoms with van der Waals surface area (Å²) in [5.74, 6) is 0.103. The fourth-order valence-electron chi connectivity index (χ4n) is 2.19. The molecule has 104 valence electrons. The highest BCUT2D eigenvalue weighted by Gasteiger charge is 2.16. The molecule has 0 unspecified atom stereocenters. The van der Waals surface area contributed by atoms with Gasteiger partial charge in [-0.15, -0.1) is 0 Å². The Morgan fingerprint density at radius 1 is 1.37 bits per heavy atom. The van der Waals surface area contributed by atoms with Crippen LogP contribution in [0.3, 0.4) is 0 Å². The van der Waals surface area contributed by atoms with E-state index >= 15 is 0 Å². The number of nitrogens with one attached hydrogen (secondary N) is 2. The quantitative estimate of drug-likeness (QED) is 0.753. The van der Waals surface area contributed by atoms with Gasteiger partial charge in [0.05, 0.1) is 6.61 Å². The van der Waals surface area contributed by atoms with E-state index < -0.39 is 0 Å². The summed E-state index contributed by atoms with van der Waals surface area (Å²) in [5, 5.41) is 15.4. The van der Waals surface area contributed by atoms with Crippen LogP contribution in [0.15, 0.2) is 18.2 Å². The molecule has 0 bridgehead atoms. The number of hydrogen-bond donors (Lipinski definition) is 3. The van der Waals surface area contributed by atoms with Crippen LogP contribution in [0.25, 0.3) is 0 Å². The van der Waals surface area contributed by atoms with E-state index in [4.69, 9.17) is 0 Å². The number of aliphatic hydroxyl groups excluding tert-OH is 1. The summed E-state index contributed by atoms with van der Waals surface area (Å²) in [6.45, 7) is 4.92. The lowest BCUT2D eigenvalue weighted by molar-refractivity contribution is -0.116. The molecule has 1 aliphatic heterocycles. The van der Waals surface area contributed by atoms with Gasteiger partial charge in [0.2, 0.25) is 5.91 Å². The third-order valence-electron chi connectivity index (χ3n) is 3.48. The second kappa shape index (κ2) is 5.72. The fraction of sp³-hybridized carbons (Fsp3) is 0.533. The first-order chi connectivity index (χ1) is 9.00. The van der Waals surface area contributed by atoms with Crippen LogP contribution in [0.2, 0.25) is 0 Å². The zero-order valence-electron chi connectivity index (χ0n) is 11.6. The molecular formula is C15H22N2O2. The number of aliphatic hydroxyl groups is 1. The van der Waals surface area contributed by atoms with Crippen molar-refractivity contribution in [3.05, 3.63) is 29.3 Å². The van der Waals surface area contributed by atoms with Gasteiger partial charge in [0.1, 0.15) is 0 Å². The SMILES string of the molecule is CC(C)(CO)NCCc1ccc2c(c1)CCC(=O)N2. The van der Waals surface area contributed by atoms with Crippen LogP contribution in [0.5, 0.6) is 0 Å². The molecule has 1 aromatic carbocycles. The van der Waals surface area contributed by atoms with Crippen molar-refractivity contribution in [2.75, 3.05) is 18.5 Å². The Morgan fingerprint density at radius 3 is 2.89 bits per heavy atom. The Bertz CT molecular complexity index is 469. The number of anilines is 1. The molecule has 1 aliphatic rings. The maximum absolute atomic E-state index is 11.3. The second-order valence-corrected chi connectivity index (χ2v) is 5.76. The van der Waals surface area contributed by atoms with E-state index in [1.165, 1.54) is 11.1 Å². The van der Waals surface area contributed by atoms with Crippen LogP contribution in [0.1, 0.15) is 31.4 Å². The van der Waals surface area contributed by atoms with Gasteiger partial charge in [0.15, 0.2) is 0 Å². The average molecular weight is 262 g/mol. The number of benzene rings is 1. The zero-order chi connectivity index (χ0) is 13.9. The van der Waals surface area contributed by atoms with Crippen molar-refractivity contribution in [1.82, 2.24) is 5.32 Å². The van der Waals surface area contributed by atoms with Crippen molar-refractivity contribution in [1.29, 1.82) is 0 Å². The van der Waals surface area contributed by atoms with Gasteiger partial charge < -0.3 is 15.7 Å². The number of carbonyl (C=O) groups is 1. The summed E-state index contributed by atoms with van der Waals surface area (Å²) in [6.07, 6.45) is 2.32. The lowest BCUT2D eigenvalue weighted by Crippen LogP contribution is -2.43. The van der Waals surface area contributed by atoms with Crippen molar-refractivity contribution in [2.24, 2.45) is 0 Å². The van der Waals surface area contributed by atoms with Crippen molar-refractivity contribution in [3.8, 4) is 0 Å². The molecule has 0 atom stereocenters. The highest BCUT2D eigenvalue weighted by Crippen LogP contribution is 2.23. The molecule has 1 amide bonds. The third kappa shape index (κ3) is 3.78. The average Bonchev–Trinajstić information content (AvgIpc) is 2.39.